The van der Waals surface area contributed by atoms with Crippen molar-refractivity contribution in [3.63, 3.8) is 0 Å². The van der Waals surface area contributed by atoms with Gasteiger partial charge in [0.05, 0.1) is 27.8 Å². The first kappa shape index (κ1) is 44.0. The van der Waals surface area contributed by atoms with Gasteiger partial charge in [-0.1, -0.05) is 194 Å². The summed E-state index contributed by atoms with van der Waals surface area (Å²) in [6.07, 6.45) is 6.64. The fourth-order valence-corrected chi connectivity index (χ4v) is 11.6. The smallest absolute Gasteiger partial charge is 0.0541 e. The molecule has 14 rings (SSSR count). The molecule has 2 heterocycles. The van der Waals surface area contributed by atoms with Crippen LogP contribution in [0.3, 0.4) is 0 Å². The second-order valence-corrected chi connectivity index (χ2v) is 19.6. The van der Waals surface area contributed by atoms with Crippen LogP contribution in [0.4, 0.5) is 17.1 Å². The number of hydrogen-bond acceptors (Lipinski definition) is 1. The molecule has 2 aromatic heterocycles. The Kier molecular flexibility index (Phi) is 11.0. The zero-order valence-corrected chi connectivity index (χ0v) is 41.4. The van der Waals surface area contributed by atoms with Gasteiger partial charge in [0.25, 0.3) is 0 Å². The molecule has 11 aromatic carbocycles. The molecule has 0 saturated heterocycles. The number of hydrogen-bond donors (Lipinski definition) is 0. The van der Waals surface area contributed by atoms with Gasteiger partial charge in [0.1, 0.15) is 0 Å². The minimum atomic E-state index is 0.979. The van der Waals surface area contributed by atoms with Crippen molar-refractivity contribution in [1.29, 1.82) is 0 Å². The highest BCUT2D eigenvalue weighted by Gasteiger charge is 2.20. The fraction of sp³-hybridized carbons (Fsp3) is 0.0278. The average molecular weight is 958 g/mol. The van der Waals surface area contributed by atoms with Crippen molar-refractivity contribution in [1.82, 2.24) is 9.13 Å². The monoisotopic (exact) mass is 957 g/mol. The van der Waals surface area contributed by atoms with Gasteiger partial charge in [-0.3, -0.25) is 0 Å². The van der Waals surface area contributed by atoms with Crippen molar-refractivity contribution in [3.05, 3.63) is 296 Å². The van der Waals surface area contributed by atoms with Crippen LogP contribution in [0.1, 0.15) is 24.0 Å². The molecular formula is C72H51N3. The van der Waals surface area contributed by atoms with Gasteiger partial charge in [-0.25, -0.2) is 0 Å². The van der Waals surface area contributed by atoms with E-state index in [4.69, 9.17) is 0 Å². The molecule has 3 heteroatoms. The first-order valence-electron chi connectivity index (χ1n) is 26.0. The summed E-state index contributed by atoms with van der Waals surface area (Å²) >= 11 is 0. The second kappa shape index (κ2) is 18.7. The van der Waals surface area contributed by atoms with Crippen LogP contribution >= 0.6 is 0 Å². The highest BCUT2D eigenvalue weighted by atomic mass is 15.1. The minimum Gasteiger partial charge on any atom is -0.310 e. The van der Waals surface area contributed by atoms with Crippen molar-refractivity contribution in [2.75, 3.05) is 4.90 Å². The van der Waals surface area contributed by atoms with Gasteiger partial charge in [0.2, 0.25) is 0 Å². The molecule has 0 unspecified atom stereocenters. The maximum absolute atomic E-state index is 2.40. The lowest BCUT2D eigenvalue weighted by atomic mass is 9.89. The van der Waals surface area contributed by atoms with Gasteiger partial charge in [-0.05, 0) is 154 Å². The third-order valence-electron chi connectivity index (χ3n) is 15.3. The number of allylic oxidation sites excluding steroid dienone is 4. The van der Waals surface area contributed by atoms with Gasteiger partial charge in [-0.15, -0.1) is 0 Å². The summed E-state index contributed by atoms with van der Waals surface area (Å²) in [5.74, 6) is 0. The molecule has 0 amide bonds. The molecule has 0 spiro atoms. The number of benzene rings is 11. The topological polar surface area (TPSA) is 13.1 Å². The Balaban J connectivity index is 0.760. The zero-order valence-electron chi connectivity index (χ0n) is 41.4. The molecule has 1 aliphatic carbocycles. The molecular weight excluding hydrogens is 907 g/mol. The predicted molar refractivity (Wildman–Crippen MR) is 318 cm³/mol. The summed E-state index contributed by atoms with van der Waals surface area (Å²) in [4.78, 5) is 2.40. The van der Waals surface area contributed by atoms with Crippen LogP contribution in [0.15, 0.2) is 285 Å². The summed E-state index contributed by atoms with van der Waals surface area (Å²) in [7, 11) is 0. The van der Waals surface area contributed by atoms with E-state index in [1.807, 2.05) is 0 Å². The van der Waals surface area contributed by atoms with E-state index in [1.165, 1.54) is 111 Å². The van der Waals surface area contributed by atoms with Gasteiger partial charge in [0.15, 0.2) is 0 Å². The van der Waals surface area contributed by atoms with Crippen molar-refractivity contribution in [2.45, 2.75) is 12.8 Å². The van der Waals surface area contributed by atoms with E-state index in [2.05, 4.69) is 299 Å². The summed E-state index contributed by atoms with van der Waals surface area (Å²) in [5.41, 5.74) is 23.0. The molecule has 354 valence electrons. The highest BCUT2D eigenvalue weighted by molar-refractivity contribution is 6.11. The Hall–Kier alpha value is -9.70. The molecule has 0 N–H and O–H groups in total. The predicted octanol–water partition coefficient (Wildman–Crippen LogP) is 19.6. The lowest BCUT2D eigenvalue weighted by Gasteiger charge is -2.28. The normalized spacial score (nSPS) is 12.6. The molecule has 0 atom stereocenters. The van der Waals surface area contributed by atoms with E-state index >= 15 is 0 Å². The van der Waals surface area contributed by atoms with E-state index in [9.17, 15) is 0 Å². The van der Waals surface area contributed by atoms with E-state index in [-0.39, 0.29) is 0 Å². The standard InChI is InChI=1S/C72H51N3/c1-4-16-56(17-5-1)63-22-10-13-25-68(63)73(61-42-36-52(37-43-61)50-28-32-54(33-29-50)57-40-46-71-66(48-57)64-23-11-14-26-69(64)74(71)59-18-6-2-7-19-59)62-44-38-53(39-45-62)51-30-34-55(35-31-51)58-41-47-72-67(49-58)65-24-12-15-27-70(65)75(72)60-20-8-3-9-21-60/h1-30,32-34,36-49H,31,35H2. The molecule has 1 aliphatic rings. The van der Waals surface area contributed by atoms with Crippen LogP contribution in [0.25, 0.3) is 99.5 Å². The van der Waals surface area contributed by atoms with Gasteiger partial charge in [-0.2, -0.15) is 0 Å². The van der Waals surface area contributed by atoms with Crippen molar-refractivity contribution < 1.29 is 0 Å². The van der Waals surface area contributed by atoms with Crippen LogP contribution in [0.2, 0.25) is 0 Å². The van der Waals surface area contributed by atoms with Gasteiger partial charge >= 0.3 is 0 Å². The Morgan fingerprint density at radius 2 is 0.653 bits per heavy atom. The minimum absolute atomic E-state index is 0.979. The van der Waals surface area contributed by atoms with E-state index in [1.54, 1.807) is 0 Å². The van der Waals surface area contributed by atoms with Crippen LogP contribution < -0.4 is 4.90 Å². The molecule has 0 aliphatic heterocycles. The third-order valence-corrected chi connectivity index (χ3v) is 15.3. The average Bonchev–Trinajstić information content (AvgIpc) is 4.03. The summed E-state index contributed by atoms with van der Waals surface area (Å²) in [6, 6.07) is 99.5. The number of aromatic nitrogens is 2. The van der Waals surface area contributed by atoms with Crippen molar-refractivity contribution in [2.24, 2.45) is 0 Å². The van der Waals surface area contributed by atoms with E-state index in [0.717, 1.165) is 29.9 Å². The highest BCUT2D eigenvalue weighted by Crippen LogP contribution is 2.43. The molecule has 75 heavy (non-hydrogen) atoms. The maximum Gasteiger partial charge on any atom is 0.0541 e. The second-order valence-electron chi connectivity index (χ2n) is 19.6. The quantitative estimate of drug-likeness (QED) is 0.133. The summed E-state index contributed by atoms with van der Waals surface area (Å²) in [6.45, 7) is 0. The number of nitrogens with zero attached hydrogens (tertiary/aromatic N) is 3. The molecule has 0 fully saturated rings. The molecule has 0 bridgehead atoms. The van der Waals surface area contributed by atoms with Crippen LogP contribution in [-0.2, 0) is 0 Å². The number of para-hydroxylation sites is 5. The Morgan fingerprint density at radius 1 is 0.267 bits per heavy atom. The molecule has 0 saturated carbocycles. The largest absolute Gasteiger partial charge is 0.310 e. The SMILES string of the molecule is C1=C(c2ccc(N(c3ccc(-c4ccc(-c5ccc6c(c5)c5ccccc5n6-c5ccccc5)cc4)cc3)c3ccccc3-c3ccccc3)cc2)CCC(c2ccc3c(c2)c2ccccc2n3-c2ccccc2)=C1. The Morgan fingerprint density at radius 3 is 1.20 bits per heavy atom. The van der Waals surface area contributed by atoms with Crippen LogP contribution in [0, 0.1) is 0 Å². The van der Waals surface area contributed by atoms with Crippen molar-refractivity contribution >= 4 is 71.8 Å². The molecule has 13 aromatic rings. The summed E-state index contributed by atoms with van der Waals surface area (Å²) in [5, 5.41) is 5.08. The van der Waals surface area contributed by atoms with Crippen LogP contribution in [-0.4, -0.2) is 9.13 Å². The molecule has 3 nitrogen and oxygen atoms in total. The number of rotatable bonds is 10. The lowest BCUT2D eigenvalue weighted by Crippen LogP contribution is -2.11. The third kappa shape index (κ3) is 7.94. The number of anilines is 3. The number of fused-ring (bicyclic) bond motifs is 6. The maximum atomic E-state index is 2.40. The molecule has 0 radical (unpaired) electrons. The van der Waals surface area contributed by atoms with Crippen molar-refractivity contribution in [3.8, 4) is 44.8 Å². The van der Waals surface area contributed by atoms with E-state index in [0.29, 0.717) is 0 Å². The van der Waals surface area contributed by atoms with Gasteiger partial charge < -0.3 is 14.0 Å². The zero-order chi connectivity index (χ0) is 49.7. The lowest BCUT2D eigenvalue weighted by molar-refractivity contribution is 1.07. The Bertz CT molecular complexity index is 4290. The van der Waals surface area contributed by atoms with Crippen LogP contribution in [0.5, 0.6) is 0 Å². The first-order chi connectivity index (χ1) is 37.2. The summed E-state index contributed by atoms with van der Waals surface area (Å²) < 4.78 is 4.75. The van der Waals surface area contributed by atoms with Gasteiger partial charge in [0, 0.05) is 49.9 Å². The first-order valence-corrected chi connectivity index (χ1v) is 26.0. The Labute approximate surface area is 437 Å². The fourth-order valence-electron chi connectivity index (χ4n) is 11.6. The van der Waals surface area contributed by atoms with E-state index < -0.39 is 0 Å².